The van der Waals surface area contributed by atoms with Gasteiger partial charge in [0.05, 0.1) is 0 Å². The summed E-state index contributed by atoms with van der Waals surface area (Å²) >= 11 is 6.43. The molecule has 0 amide bonds. The van der Waals surface area contributed by atoms with Gasteiger partial charge < -0.3 is 0 Å². The molecule has 8 heteroatoms. The van der Waals surface area contributed by atoms with E-state index >= 15 is 0 Å². The van der Waals surface area contributed by atoms with Crippen LogP contribution in [0.5, 0.6) is 0 Å². The van der Waals surface area contributed by atoms with E-state index in [2.05, 4.69) is 31.9 Å². The molecule has 2 aromatic rings. The van der Waals surface area contributed by atoms with Crippen LogP contribution in [0, 0.1) is 0 Å². The van der Waals surface area contributed by atoms with Gasteiger partial charge in [-0.25, -0.2) is 0 Å². The van der Waals surface area contributed by atoms with Crippen molar-refractivity contribution in [3.63, 3.8) is 0 Å². The van der Waals surface area contributed by atoms with Crippen LogP contribution in [0.4, 0.5) is 0 Å². The Bertz CT molecular complexity index is 686. The third-order valence-corrected chi connectivity index (χ3v) is 10.7. The summed E-state index contributed by atoms with van der Waals surface area (Å²) < 4.78 is 3.15. The van der Waals surface area contributed by atoms with E-state index in [4.69, 9.17) is 0 Å². The third-order valence-electron chi connectivity index (χ3n) is 2.57. The average molecular weight is 558 g/mol. The van der Waals surface area contributed by atoms with Gasteiger partial charge in [0.2, 0.25) is 0 Å². The van der Waals surface area contributed by atoms with E-state index in [1.807, 2.05) is 0 Å². The normalized spacial score (nSPS) is 10.5. The van der Waals surface area contributed by atoms with Crippen LogP contribution in [0.2, 0.25) is 0 Å². The second-order valence-corrected chi connectivity index (χ2v) is 12.1. The fraction of sp³-hybridized carbons (Fsp3) is 0. The fourth-order valence-electron chi connectivity index (χ4n) is 1.57. The first-order valence-electron chi connectivity index (χ1n) is 5.78. The number of benzene rings is 2. The summed E-state index contributed by atoms with van der Waals surface area (Å²) in [6.45, 7) is 0. The average Bonchev–Trinajstić information content (AvgIpc) is 2.44. The van der Waals surface area contributed by atoms with Crippen LogP contribution in [0.3, 0.4) is 0 Å². The van der Waals surface area contributed by atoms with Crippen LogP contribution in [0.1, 0.15) is 20.7 Å². The zero-order chi connectivity index (χ0) is 16.3. The van der Waals surface area contributed by atoms with E-state index in [-0.39, 0.29) is 37.4 Å². The van der Waals surface area contributed by atoms with E-state index in [0.717, 1.165) is 17.9 Å². The van der Waals surface area contributed by atoms with E-state index in [1.165, 1.54) is 0 Å². The second-order valence-electron chi connectivity index (χ2n) is 4.06. The summed E-state index contributed by atoms with van der Waals surface area (Å²) in [6.07, 6.45) is 0. The maximum atomic E-state index is 11.3. The summed E-state index contributed by atoms with van der Waals surface area (Å²) in [7, 11) is 0. The number of carboxylic acid groups (broad SMARTS) is 2. The first-order valence-corrected chi connectivity index (χ1v) is 13.4. The summed E-state index contributed by atoms with van der Waals surface area (Å²) in [5.41, 5.74) is 0.550. The van der Waals surface area contributed by atoms with Gasteiger partial charge in [0.25, 0.3) is 0 Å². The summed E-state index contributed by atoms with van der Waals surface area (Å²) in [5.74, 6) is -1.93. The molecule has 0 aliphatic rings. The Hall–Kier alpha value is -0.621. The number of rotatable bonds is 5. The Kier molecular flexibility index (Phi) is 6.26. The minimum absolute atomic E-state index is 0.129. The predicted molar refractivity (Wildman–Crippen MR) is 93.0 cm³/mol. The fourth-order valence-corrected chi connectivity index (χ4v) is 10.1. The maximum absolute atomic E-state index is 11.3. The van der Waals surface area contributed by atoms with Gasteiger partial charge in [-0.05, 0) is 0 Å². The monoisotopic (exact) mass is 558 g/mol. The number of carbonyl (C=O) groups is 2. The molecule has 2 rings (SSSR count). The van der Waals surface area contributed by atoms with Crippen LogP contribution in [-0.2, 0) is 0 Å². The minimum atomic E-state index is -0.965. The Labute approximate surface area is 154 Å². The Morgan fingerprint density at radius 2 is 1.14 bits per heavy atom. The van der Waals surface area contributed by atoms with Crippen LogP contribution < -0.4 is 8.92 Å². The SMILES string of the molecule is O=C(O)c1ccc(Br)cc1[Se][Se]c1cc(Br)ccc1C(=O)O. The molecule has 22 heavy (non-hydrogen) atoms. The van der Waals surface area contributed by atoms with Gasteiger partial charge in [0.1, 0.15) is 0 Å². The third kappa shape index (κ3) is 4.44. The number of carboxylic acids is 2. The van der Waals surface area contributed by atoms with Crippen molar-refractivity contribution >= 4 is 79.0 Å². The van der Waals surface area contributed by atoms with Gasteiger partial charge in [-0.15, -0.1) is 0 Å². The molecule has 0 heterocycles. The van der Waals surface area contributed by atoms with Gasteiger partial charge in [-0.3, -0.25) is 0 Å². The van der Waals surface area contributed by atoms with Gasteiger partial charge in [0.15, 0.2) is 0 Å². The molecule has 2 N–H and O–H groups in total. The van der Waals surface area contributed by atoms with Crippen LogP contribution in [0.15, 0.2) is 45.3 Å². The molecule has 0 fully saturated rings. The number of hydrogen-bond donors (Lipinski definition) is 2. The zero-order valence-corrected chi connectivity index (χ0v) is 17.3. The zero-order valence-electron chi connectivity index (χ0n) is 10.7. The Morgan fingerprint density at radius 1 is 0.773 bits per heavy atom. The van der Waals surface area contributed by atoms with Crippen molar-refractivity contribution in [1.29, 1.82) is 0 Å². The molecular formula is C14H8Br2O4Se2. The van der Waals surface area contributed by atoms with Gasteiger partial charge in [-0.1, -0.05) is 0 Å². The van der Waals surface area contributed by atoms with Crippen molar-refractivity contribution in [2.24, 2.45) is 0 Å². The van der Waals surface area contributed by atoms with E-state index in [9.17, 15) is 19.8 Å². The molecule has 0 radical (unpaired) electrons. The number of hydrogen-bond acceptors (Lipinski definition) is 2. The molecule has 0 unspecified atom stereocenters. The summed E-state index contributed by atoms with van der Waals surface area (Å²) in [6, 6.07) is 10.1. The van der Waals surface area contributed by atoms with E-state index in [1.54, 1.807) is 36.4 Å². The van der Waals surface area contributed by atoms with Gasteiger partial charge >= 0.3 is 155 Å². The summed E-state index contributed by atoms with van der Waals surface area (Å²) in [5, 5.41) is 18.5. The Balaban J connectivity index is 2.31. The van der Waals surface area contributed by atoms with Crippen LogP contribution in [0.25, 0.3) is 0 Å². The van der Waals surface area contributed by atoms with Crippen molar-refractivity contribution < 1.29 is 19.8 Å². The molecule has 0 aliphatic carbocycles. The molecule has 0 atom stereocenters. The van der Waals surface area contributed by atoms with Crippen molar-refractivity contribution in [1.82, 2.24) is 0 Å². The standard InChI is InChI=1S/C14H8Br2O4Se2/c15-7-1-3-9(13(17)18)11(5-7)21-22-12-6-8(16)2-4-10(12)14(19)20/h1-6H,(H,17,18)(H,19,20). The second kappa shape index (κ2) is 7.77. The molecule has 0 aromatic heterocycles. The first-order chi connectivity index (χ1) is 10.4. The molecule has 0 aliphatic heterocycles. The van der Waals surface area contributed by atoms with Crippen molar-refractivity contribution in [2.45, 2.75) is 0 Å². The van der Waals surface area contributed by atoms with E-state index in [0.29, 0.717) is 0 Å². The molecular weight excluding hydrogens is 550 g/mol. The topological polar surface area (TPSA) is 74.6 Å². The van der Waals surface area contributed by atoms with Gasteiger partial charge in [0, 0.05) is 0 Å². The van der Waals surface area contributed by atoms with Gasteiger partial charge in [-0.2, -0.15) is 0 Å². The van der Waals surface area contributed by atoms with Crippen LogP contribution >= 0.6 is 31.9 Å². The molecule has 0 spiro atoms. The number of halogens is 2. The van der Waals surface area contributed by atoms with Crippen molar-refractivity contribution in [3.8, 4) is 0 Å². The molecule has 0 saturated heterocycles. The first kappa shape index (κ1) is 17.7. The molecule has 4 nitrogen and oxygen atoms in total. The molecule has 114 valence electrons. The molecule has 2 aromatic carbocycles. The van der Waals surface area contributed by atoms with Crippen molar-refractivity contribution in [2.75, 3.05) is 0 Å². The van der Waals surface area contributed by atoms with E-state index < -0.39 is 11.9 Å². The summed E-state index contributed by atoms with van der Waals surface area (Å²) in [4.78, 5) is 22.5. The number of aromatic carboxylic acids is 2. The predicted octanol–water partition coefficient (Wildman–Crippen LogP) is 1.88. The molecule has 0 saturated carbocycles. The van der Waals surface area contributed by atoms with Crippen LogP contribution in [-0.4, -0.2) is 48.4 Å². The Morgan fingerprint density at radius 3 is 1.45 bits per heavy atom. The van der Waals surface area contributed by atoms with Crippen molar-refractivity contribution in [3.05, 3.63) is 56.5 Å². The quantitative estimate of drug-likeness (QED) is 0.551. The molecule has 0 bridgehead atoms.